The molecule has 0 aliphatic rings. The Kier molecular flexibility index (Phi) is 29.9. The molecule has 0 amide bonds. The van der Waals surface area contributed by atoms with Crippen LogP contribution in [-0.4, -0.2) is 94.2 Å². The normalized spacial score (nSPS) is 12.4. The Morgan fingerprint density at radius 3 is 1.50 bits per heavy atom. The highest BCUT2D eigenvalue weighted by atomic mass is 32.2. The van der Waals surface area contributed by atoms with Gasteiger partial charge >= 0.3 is 0 Å². The number of benzene rings is 1. The van der Waals surface area contributed by atoms with Crippen LogP contribution in [0.2, 0.25) is 0 Å². The third kappa shape index (κ3) is 22.2. The SMILES string of the molecule is CCSOC(COC)CN(Cc1ccccc1)CC(COC)OSCC.CSC.CSC. The van der Waals surface area contributed by atoms with E-state index in [4.69, 9.17) is 17.8 Å². The van der Waals surface area contributed by atoms with Crippen molar-refractivity contribution in [2.75, 3.05) is 77.1 Å². The first kappa shape index (κ1) is 34.6. The van der Waals surface area contributed by atoms with Gasteiger partial charge in [-0.3, -0.25) is 4.90 Å². The van der Waals surface area contributed by atoms with E-state index in [9.17, 15) is 0 Å². The van der Waals surface area contributed by atoms with Crippen molar-refractivity contribution in [1.29, 1.82) is 0 Å². The Morgan fingerprint density at radius 2 is 1.16 bits per heavy atom. The molecule has 0 spiro atoms. The molecule has 2 unspecified atom stereocenters. The number of ether oxygens (including phenoxy) is 2. The van der Waals surface area contributed by atoms with Gasteiger partial charge in [0.1, 0.15) is 12.2 Å². The van der Waals surface area contributed by atoms with Gasteiger partial charge in [-0.2, -0.15) is 23.5 Å². The van der Waals surface area contributed by atoms with Gasteiger partial charge in [0.05, 0.1) is 13.2 Å². The monoisotopic (exact) mass is 527 g/mol. The van der Waals surface area contributed by atoms with Crippen molar-refractivity contribution in [3.05, 3.63) is 35.9 Å². The molecule has 0 radical (unpaired) electrons. The van der Waals surface area contributed by atoms with Gasteiger partial charge in [0.2, 0.25) is 0 Å². The summed E-state index contributed by atoms with van der Waals surface area (Å²) in [7, 11) is 3.42. The number of rotatable bonds is 16. The molecule has 9 heteroatoms. The zero-order chi connectivity index (χ0) is 24.5. The number of methoxy groups -OCH3 is 2. The van der Waals surface area contributed by atoms with Crippen LogP contribution in [-0.2, 0) is 24.4 Å². The zero-order valence-electron chi connectivity index (χ0n) is 21.2. The van der Waals surface area contributed by atoms with Crippen LogP contribution in [0.4, 0.5) is 0 Å². The molecule has 1 rings (SSSR count). The van der Waals surface area contributed by atoms with E-state index in [0.717, 1.165) is 31.1 Å². The molecule has 1 aromatic carbocycles. The highest BCUT2D eigenvalue weighted by molar-refractivity contribution is 7.98. The fraction of sp³-hybridized carbons (Fsp3) is 0.739. The van der Waals surface area contributed by atoms with Crippen molar-refractivity contribution < 1.29 is 17.8 Å². The Morgan fingerprint density at radius 1 is 0.750 bits per heavy atom. The fourth-order valence-corrected chi connectivity index (χ4v) is 3.43. The Bertz CT molecular complexity index is 453. The molecule has 0 bridgehead atoms. The molecule has 1 aromatic rings. The second-order valence-electron chi connectivity index (χ2n) is 6.66. The predicted molar refractivity (Wildman–Crippen MR) is 150 cm³/mol. The number of hydrogen-bond donors (Lipinski definition) is 0. The summed E-state index contributed by atoms with van der Waals surface area (Å²) in [5, 5.41) is 0. The van der Waals surface area contributed by atoms with E-state index in [1.807, 2.05) is 31.1 Å². The van der Waals surface area contributed by atoms with E-state index in [2.05, 4.69) is 43.0 Å². The standard InChI is InChI=1S/C19H33NO4S2.2C2H6S/c1-5-25-23-18(15-21-3)13-20(12-17-10-8-7-9-11-17)14-19(16-22-4)24-26-6-2;2*1-3-2/h7-11,18-19H,5-6,12-16H2,1-4H3;2*1-2H3. The molecule has 2 atom stereocenters. The van der Waals surface area contributed by atoms with Crippen LogP contribution in [0.1, 0.15) is 19.4 Å². The molecular formula is C23H45NO4S4. The fourth-order valence-electron chi connectivity index (χ4n) is 2.54. The predicted octanol–water partition coefficient (Wildman–Crippen LogP) is 5.85. The second-order valence-corrected chi connectivity index (χ2v) is 10.3. The minimum Gasteiger partial charge on any atom is -0.382 e. The number of nitrogens with zero attached hydrogens (tertiary/aromatic N) is 1. The van der Waals surface area contributed by atoms with Gasteiger partial charge in [-0.25, -0.2) is 0 Å². The molecule has 0 heterocycles. The van der Waals surface area contributed by atoms with E-state index < -0.39 is 0 Å². The van der Waals surface area contributed by atoms with Crippen LogP contribution in [0.25, 0.3) is 0 Å². The van der Waals surface area contributed by atoms with E-state index in [0.29, 0.717) is 13.2 Å². The Balaban J connectivity index is 0. The van der Waals surface area contributed by atoms with Crippen LogP contribution >= 0.6 is 47.6 Å². The summed E-state index contributed by atoms with van der Waals surface area (Å²) in [4.78, 5) is 2.36. The van der Waals surface area contributed by atoms with E-state index in [-0.39, 0.29) is 12.2 Å². The molecule has 0 aromatic heterocycles. The van der Waals surface area contributed by atoms with Crippen LogP contribution in [0.5, 0.6) is 0 Å². The molecule has 0 aliphatic carbocycles. The molecule has 32 heavy (non-hydrogen) atoms. The van der Waals surface area contributed by atoms with Gasteiger partial charge in [-0.1, -0.05) is 44.2 Å². The number of hydrogen-bond acceptors (Lipinski definition) is 9. The lowest BCUT2D eigenvalue weighted by molar-refractivity contribution is 0.0321. The van der Waals surface area contributed by atoms with Crippen molar-refractivity contribution in [2.24, 2.45) is 0 Å². The summed E-state index contributed by atoms with van der Waals surface area (Å²) < 4.78 is 22.5. The summed E-state index contributed by atoms with van der Waals surface area (Å²) >= 11 is 6.46. The van der Waals surface area contributed by atoms with Crippen molar-refractivity contribution in [1.82, 2.24) is 4.90 Å². The van der Waals surface area contributed by atoms with Crippen molar-refractivity contribution in [2.45, 2.75) is 32.6 Å². The lowest BCUT2D eigenvalue weighted by atomic mass is 10.2. The quantitative estimate of drug-likeness (QED) is 0.246. The first-order valence-electron chi connectivity index (χ1n) is 10.7. The molecule has 0 N–H and O–H groups in total. The van der Waals surface area contributed by atoms with Crippen LogP contribution in [0.3, 0.4) is 0 Å². The topological polar surface area (TPSA) is 40.2 Å². The van der Waals surface area contributed by atoms with Gasteiger partial charge in [0.25, 0.3) is 0 Å². The first-order valence-corrected chi connectivity index (χ1v) is 15.8. The lowest BCUT2D eigenvalue weighted by Gasteiger charge is -2.30. The Hall–Kier alpha value is 0.420. The average Bonchev–Trinajstić information content (AvgIpc) is 2.78. The maximum Gasteiger partial charge on any atom is 0.108 e. The van der Waals surface area contributed by atoms with Crippen molar-refractivity contribution in [3.63, 3.8) is 0 Å². The van der Waals surface area contributed by atoms with Gasteiger partial charge in [0, 0.05) is 45.4 Å². The first-order chi connectivity index (χ1) is 15.6. The summed E-state index contributed by atoms with van der Waals surface area (Å²) in [5.41, 5.74) is 1.27. The summed E-state index contributed by atoms with van der Waals surface area (Å²) in [6.45, 7) is 7.69. The molecule has 5 nitrogen and oxygen atoms in total. The molecule has 190 valence electrons. The molecule has 0 fully saturated rings. The van der Waals surface area contributed by atoms with Crippen molar-refractivity contribution in [3.8, 4) is 0 Å². The van der Waals surface area contributed by atoms with E-state index in [1.165, 1.54) is 29.6 Å². The largest absolute Gasteiger partial charge is 0.382 e. The minimum absolute atomic E-state index is 0.00989. The summed E-state index contributed by atoms with van der Waals surface area (Å²) in [5.74, 6) is 1.84. The highest BCUT2D eigenvalue weighted by Gasteiger charge is 2.20. The second kappa shape index (κ2) is 27.7. The maximum absolute atomic E-state index is 5.90. The van der Waals surface area contributed by atoms with Gasteiger partial charge in [0.15, 0.2) is 0 Å². The summed E-state index contributed by atoms with van der Waals surface area (Å²) in [6.07, 6.45) is 8.19. The number of thioether (sulfide) groups is 2. The molecule has 0 saturated heterocycles. The van der Waals surface area contributed by atoms with Crippen LogP contribution in [0, 0.1) is 0 Å². The van der Waals surface area contributed by atoms with Crippen molar-refractivity contribution >= 4 is 47.6 Å². The summed E-state index contributed by atoms with van der Waals surface area (Å²) in [6, 6.07) is 10.5. The Labute approximate surface area is 215 Å². The maximum atomic E-state index is 5.90. The minimum atomic E-state index is 0.00989. The average molecular weight is 528 g/mol. The van der Waals surface area contributed by atoms with E-state index in [1.54, 1.807) is 37.7 Å². The molecular weight excluding hydrogens is 483 g/mol. The van der Waals surface area contributed by atoms with Gasteiger partial charge in [-0.05, 0) is 54.7 Å². The third-order valence-electron chi connectivity index (χ3n) is 3.52. The lowest BCUT2D eigenvalue weighted by Crippen LogP contribution is -2.41. The smallest absolute Gasteiger partial charge is 0.108 e. The zero-order valence-corrected chi connectivity index (χ0v) is 24.5. The molecule has 0 saturated carbocycles. The van der Waals surface area contributed by atoms with Crippen LogP contribution < -0.4 is 0 Å². The van der Waals surface area contributed by atoms with Gasteiger partial charge in [-0.15, -0.1) is 0 Å². The van der Waals surface area contributed by atoms with E-state index >= 15 is 0 Å². The third-order valence-corrected chi connectivity index (χ3v) is 4.81. The highest BCUT2D eigenvalue weighted by Crippen LogP contribution is 2.15. The molecule has 0 aliphatic heterocycles. The van der Waals surface area contributed by atoms with Crippen LogP contribution in [0.15, 0.2) is 30.3 Å². The van der Waals surface area contributed by atoms with Gasteiger partial charge < -0.3 is 17.8 Å².